The molecule has 0 aromatic heterocycles. The molecule has 0 bridgehead atoms. The normalized spacial score (nSPS) is 11.5. The van der Waals surface area contributed by atoms with Gasteiger partial charge in [-0.3, -0.25) is 9.59 Å². The maximum absolute atomic E-state index is 12.9. The van der Waals surface area contributed by atoms with Gasteiger partial charge in [-0.05, 0) is 57.2 Å². The van der Waals surface area contributed by atoms with Crippen LogP contribution in [0.2, 0.25) is 0 Å². The molecule has 0 heterocycles. The summed E-state index contributed by atoms with van der Waals surface area (Å²) < 4.78 is 15.8. The van der Waals surface area contributed by atoms with Gasteiger partial charge in [-0.25, -0.2) is 0 Å². The third-order valence-electron chi connectivity index (χ3n) is 4.41. The average Bonchev–Trinajstić information content (AvgIpc) is 2.72. The molecule has 1 N–H and O–H groups in total. The molecule has 0 radical (unpaired) electrons. The van der Waals surface area contributed by atoms with Crippen molar-refractivity contribution in [3.8, 4) is 23.0 Å². The van der Waals surface area contributed by atoms with Crippen LogP contribution in [-0.4, -0.2) is 37.5 Å². The Balaban J connectivity index is 2.36. The van der Waals surface area contributed by atoms with Gasteiger partial charge in [0.25, 0.3) is 0 Å². The third kappa shape index (κ3) is 4.34. The third-order valence-corrected chi connectivity index (χ3v) is 4.41. The van der Waals surface area contributed by atoms with Crippen LogP contribution in [0.25, 0.3) is 0 Å². The first-order valence-corrected chi connectivity index (χ1v) is 8.78. The van der Waals surface area contributed by atoms with E-state index in [0.29, 0.717) is 40.4 Å². The topological polar surface area (TPSA) is 82.1 Å². The molecule has 0 atom stereocenters. The van der Waals surface area contributed by atoms with Crippen LogP contribution in [-0.2, 0) is 0 Å². The lowest BCUT2D eigenvalue weighted by Gasteiger charge is -2.12. The van der Waals surface area contributed by atoms with Crippen LogP contribution in [0.3, 0.4) is 0 Å². The minimum Gasteiger partial charge on any atom is -0.504 e. The molecular weight excluding hydrogens is 360 g/mol. The minimum atomic E-state index is -0.318. The molecule has 0 saturated carbocycles. The van der Waals surface area contributed by atoms with Crippen molar-refractivity contribution in [2.75, 3.05) is 20.8 Å². The van der Waals surface area contributed by atoms with Crippen LogP contribution in [0, 0.1) is 0 Å². The Bertz CT molecular complexity index is 927. The van der Waals surface area contributed by atoms with E-state index in [-0.39, 0.29) is 23.1 Å². The standard InChI is InChI=1S/C22H24O6/c1-6-28-18-10-8-16(12-20(18)27-5)22(25)14(3)13(2)21(24)15-7-9-17(23)19(11-15)26-4/h7-12,23H,6H2,1-5H3/b14-13-. The van der Waals surface area contributed by atoms with Gasteiger partial charge in [-0.15, -0.1) is 0 Å². The van der Waals surface area contributed by atoms with Crippen LogP contribution in [0.4, 0.5) is 0 Å². The van der Waals surface area contributed by atoms with Gasteiger partial charge in [0.1, 0.15) is 0 Å². The molecule has 0 saturated heterocycles. The van der Waals surface area contributed by atoms with Crippen molar-refractivity contribution in [3.63, 3.8) is 0 Å². The molecule has 0 fully saturated rings. The number of Topliss-reactive ketones (excluding diaryl/α,β-unsaturated/α-hetero) is 2. The van der Waals surface area contributed by atoms with Gasteiger partial charge in [0.2, 0.25) is 0 Å². The summed E-state index contributed by atoms with van der Waals surface area (Å²) in [5, 5.41) is 9.69. The molecular formula is C22H24O6. The zero-order valence-electron chi connectivity index (χ0n) is 16.7. The summed E-state index contributed by atoms with van der Waals surface area (Å²) in [4.78, 5) is 25.6. The number of aromatic hydroxyl groups is 1. The van der Waals surface area contributed by atoms with E-state index in [1.165, 1.54) is 32.4 Å². The van der Waals surface area contributed by atoms with E-state index in [1.54, 1.807) is 32.0 Å². The first-order chi connectivity index (χ1) is 13.3. The van der Waals surface area contributed by atoms with Crippen LogP contribution in [0.1, 0.15) is 41.5 Å². The number of rotatable bonds is 8. The lowest BCUT2D eigenvalue weighted by molar-refractivity contribution is 0.0999. The van der Waals surface area contributed by atoms with Crippen LogP contribution >= 0.6 is 0 Å². The maximum Gasteiger partial charge on any atom is 0.189 e. The maximum atomic E-state index is 12.9. The largest absolute Gasteiger partial charge is 0.504 e. The van der Waals surface area contributed by atoms with E-state index in [1.807, 2.05) is 6.92 Å². The zero-order valence-corrected chi connectivity index (χ0v) is 16.7. The Kier molecular flexibility index (Phi) is 6.82. The summed E-state index contributed by atoms with van der Waals surface area (Å²) in [6.07, 6.45) is 0. The quantitative estimate of drug-likeness (QED) is 0.542. The van der Waals surface area contributed by atoms with Crippen LogP contribution < -0.4 is 14.2 Å². The molecule has 0 aliphatic rings. The Morgan fingerprint density at radius 1 is 0.821 bits per heavy atom. The molecule has 2 aromatic carbocycles. The molecule has 0 amide bonds. The fourth-order valence-electron chi connectivity index (χ4n) is 2.68. The molecule has 148 valence electrons. The molecule has 0 aliphatic heterocycles. The highest BCUT2D eigenvalue weighted by molar-refractivity contribution is 6.17. The molecule has 28 heavy (non-hydrogen) atoms. The fourth-order valence-corrected chi connectivity index (χ4v) is 2.68. The summed E-state index contributed by atoms with van der Waals surface area (Å²) in [5.41, 5.74) is 1.35. The average molecular weight is 384 g/mol. The molecule has 0 aliphatic carbocycles. The number of ether oxygens (including phenoxy) is 3. The van der Waals surface area contributed by atoms with Crippen LogP contribution in [0.15, 0.2) is 47.5 Å². The highest BCUT2D eigenvalue weighted by Gasteiger charge is 2.19. The van der Waals surface area contributed by atoms with Gasteiger partial charge in [-0.1, -0.05) is 0 Å². The van der Waals surface area contributed by atoms with Crippen molar-refractivity contribution in [3.05, 3.63) is 58.7 Å². The van der Waals surface area contributed by atoms with E-state index >= 15 is 0 Å². The predicted molar refractivity (Wildman–Crippen MR) is 106 cm³/mol. The van der Waals surface area contributed by atoms with Crippen molar-refractivity contribution in [2.24, 2.45) is 0 Å². The number of ketones is 2. The fraction of sp³-hybridized carbons (Fsp3) is 0.273. The van der Waals surface area contributed by atoms with Crippen molar-refractivity contribution < 1.29 is 28.9 Å². The van der Waals surface area contributed by atoms with Crippen molar-refractivity contribution in [1.82, 2.24) is 0 Å². The number of phenols is 1. The predicted octanol–water partition coefficient (Wildman–Crippen LogP) is 4.21. The second-order valence-corrected chi connectivity index (χ2v) is 6.09. The van der Waals surface area contributed by atoms with E-state index in [0.717, 1.165) is 0 Å². The van der Waals surface area contributed by atoms with Crippen molar-refractivity contribution >= 4 is 11.6 Å². The number of methoxy groups -OCH3 is 2. The van der Waals surface area contributed by atoms with Gasteiger partial charge in [0.05, 0.1) is 20.8 Å². The van der Waals surface area contributed by atoms with Gasteiger partial charge in [0, 0.05) is 22.3 Å². The highest BCUT2D eigenvalue weighted by atomic mass is 16.5. The molecule has 6 heteroatoms. The van der Waals surface area contributed by atoms with Crippen LogP contribution in [0.5, 0.6) is 23.0 Å². The van der Waals surface area contributed by atoms with E-state index in [4.69, 9.17) is 14.2 Å². The van der Waals surface area contributed by atoms with E-state index in [9.17, 15) is 14.7 Å². The first-order valence-electron chi connectivity index (χ1n) is 8.78. The number of hydrogen-bond donors (Lipinski definition) is 1. The molecule has 2 aromatic rings. The summed E-state index contributed by atoms with van der Waals surface area (Å²) >= 11 is 0. The number of carbonyl (C=O) groups is 2. The summed E-state index contributed by atoms with van der Waals surface area (Å²) in [6.45, 7) is 5.54. The number of hydrogen-bond acceptors (Lipinski definition) is 6. The highest BCUT2D eigenvalue weighted by Crippen LogP contribution is 2.30. The van der Waals surface area contributed by atoms with E-state index < -0.39 is 0 Å². The van der Waals surface area contributed by atoms with E-state index in [2.05, 4.69) is 0 Å². The lowest BCUT2D eigenvalue weighted by atomic mass is 9.95. The number of carbonyl (C=O) groups excluding carboxylic acids is 2. The Labute approximate surface area is 164 Å². The smallest absolute Gasteiger partial charge is 0.189 e. The zero-order chi connectivity index (χ0) is 20.8. The van der Waals surface area contributed by atoms with Gasteiger partial charge < -0.3 is 19.3 Å². The molecule has 0 unspecified atom stereocenters. The first kappa shape index (κ1) is 21.0. The lowest BCUT2D eigenvalue weighted by Crippen LogP contribution is -2.10. The Hall–Kier alpha value is -3.28. The number of phenolic OH excluding ortho intramolecular Hbond substituents is 1. The van der Waals surface area contributed by atoms with Crippen molar-refractivity contribution in [2.45, 2.75) is 20.8 Å². The summed E-state index contributed by atoms with van der Waals surface area (Å²) in [5.74, 6) is 0.536. The Morgan fingerprint density at radius 2 is 1.32 bits per heavy atom. The summed E-state index contributed by atoms with van der Waals surface area (Å²) in [6, 6.07) is 9.22. The van der Waals surface area contributed by atoms with Gasteiger partial charge >= 0.3 is 0 Å². The second-order valence-electron chi connectivity index (χ2n) is 6.09. The molecule has 6 nitrogen and oxygen atoms in total. The number of allylic oxidation sites excluding steroid dienone is 2. The monoisotopic (exact) mass is 384 g/mol. The molecule has 2 rings (SSSR count). The van der Waals surface area contributed by atoms with Gasteiger partial charge in [0.15, 0.2) is 34.6 Å². The van der Waals surface area contributed by atoms with Gasteiger partial charge in [-0.2, -0.15) is 0 Å². The summed E-state index contributed by atoms with van der Waals surface area (Å²) in [7, 11) is 2.90. The molecule has 0 spiro atoms. The Morgan fingerprint density at radius 3 is 1.82 bits per heavy atom. The van der Waals surface area contributed by atoms with Crippen molar-refractivity contribution in [1.29, 1.82) is 0 Å². The minimum absolute atomic E-state index is 0.0602. The SMILES string of the molecule is CCOc1ccc(C(=O)/C(C)=C(/C)C(=O)c2ccc(O)c(OC)c2)cc1OC. The number of benzene rings is 2. The second kappa shape index (κ2) is 9.08.